The second-order valence-corrected chi connectivity index (χ2v) is 6.22. The number of carbonyl (C=O) groups excluding carboxylic acids is 1. The molecule has 0 saturated carbocycles. The molecule has 8 nitrogen and oxygen atoms in total. The number of esters is 1. The predicted octanol–water partition coefficient (Wildman–Crippen LogP) is 4.24. The number of hydrogen-bond donors (Lipinski definition) is 0. The van der Waals surface area contributed by atoms with E-state index in [0.717, 1.165) is 0 Å². The number of nitro benzene ring substituents is 1. The molecule has 27 heavy (non-hydrogen) atoms. The smallest absolute Gasteiger partial charge is 0.310 e. The highest BCUT2D eigenvalue weighted by molar-refractivity contribution is 6.35. The molecular weight excluding hydrogens is 397 g/mol. The number of rotatable bonds is 6. The van der Waals surface area contributed by atoms with E-state index in [1.54, 1.807) is 18.2 Å². The monoisotopic (exact) mass is 407 g/mol. The molecule has 0 aliphatic heterocycles. The predicted molar refractivity (Wildman–Crippen MR) is 96.4 cm³/mol. The molecule has 0 aliphatic carbocycles. The van der Waals surface area contributed by atoms with Crippen molar-refractivity contribution in [1.29, 1.82) is 0 Å². The fourth-order valence-electron chi connectivity index (χ4n) is 2.17. The number of hydrogen-bond acceptors (Lipinski definition) is 7. The Kier molecular flexibility index (Phi) is 5.68. The minimum absolute atomic E-state index is 0.0284. The van der Waals surface area contributed by atoms with Gasteiger partial charge in [0.1, 0.15) is 0 Å². The van der Waals surface area contributed by atoms with E-state index in [1.807, 2.05) is 0 Å². The van der Waals surface area contributed by atoms with Crippen LogP contribution >= 0.6 is 23.2 Å². The van der Waals surface area contributed by atoms with E-state index in [0.29, 0.717) is 21.2 Å². The lowest BCUT2D eigenvalue weighted by Gasteiger charge is -2.04. The topological polar surface area (TPSA) is 108 Å². The molecule has 0 amide bonds. The summed E-state index contributed by atoms with van der Waals surface area (Å²) >= 11 is 11.8. The van der Waals surface area contributed by atoms with Gasteiger partial charge in [0.05, 0.1) is 11.3 Å². The van der Waals surface area contributed by atoms with Crippen molar-refractivity contribution >= 4 is 34.9 Å². The maximum Gasteiger partial charge on any atom is 0.310 e. The Morgan fingerprint density at radius 1 is 1.15 bits per heavy atom. The van der Waals surface area contributed by atoms with Crippen LogP contribution in [0.3, 0.4) is 0 Å². The third-order valence-electron chi connectivity index (χ3n) is 3.50. The van der Waals surface area contributed by atoms with Crippen LogP contribution in [0.1, 0.15) is 11.5 Å². The van der Waals surface area contributed by atoms with Gasteiger partial charge in [0.15, 0.2) is 6.61 Å². The van der Waals surface area contributed by atoms with Gasteiger partial charge in [-0.3, -0.25) is 14.9 Å². The molecule has 0 radical (unpaired) electrons. The molecule has 138 valence electrons. The number of carbonyl (C=O) groups is 1. The molecule has 1 aromatic heterocycles. The number of halogens is 2. The summed E-state index contributed by atoms with van der Waals surface area (Å²) in [4.78, 5) is 22.1. The Balaban J connectivity index is 1.59. The number of nitro groups is 1. The van der Waals surface area contributed by atoms with E-state index < -0.39 is 10.9 Å². The zero-order valence-electron chi connectivity index (χ0n) is 13.6. The summed E-state index contributed by atoms with van der Waals surface area (Å²) in [7, 11) is 0. The molecule has 0 N–H and O–H groups in total. The van der Waals surface area contributed by atoms with E-state index >= 15 is 0 Å². The molecule has 3 rings (SSSR count). The molecular formula is C17H11Cl2N3O5. The number of aromatic nitrogens is 2. The minimum atomic E-state index is -0.519. The Morgan fingerprint density at radius 3 is 2.56 bits per heavy atom. The van der Waals surface area contributed by atoms with E-state index in [-0.39, 0.29) is 30.5 Å². The van der Waals surface area contributed by atoms with Crippen molar-refractivity contribution < 1.29 is 18.9 Å². The Labute approximate surface area is 162 Å². The Bertz CT molecular complexity index is 988. The van der Waals surface area contributed by atoms with Crippen molar-refractivity contribution in [3.8, 4) is 11.5 Å². The van der Waals surface area contributed by atoms with Crippen LogP contribution in [0, 0.1) is 10.1 Å². The summed E-state index contributed by atoms with van der Waals surface area (Å²) in [5.74, 6) is -0.259. The van der Waals surface area contributed by atoms with Crippen LogP contribution in [-0.4, -0.2) is 21.1 Å². The fourth-order valence-corrected chi connectivity index (χ4v) is 2.64. The molecule has 1 heterocycles. The molecule has 0 fully saturated rings. The van der Waals surface area contributed by atoms with Crippen LogP contribution in [0.4, 0.5) is 5.69 Å². The molecule has 10 heteroatoms. The standard InChI is InChI=1S/C17H11Cl2N3O5/c18-12-4-1-11(14(19)8-12)7-16(23)26-9-15-20-21-17(27-15)10-2-5-13(6-3-10)22(24)25/h1-6,8H,7,9H2. The van der Waals surface area contributed by atoms with Crippen LogP contribution in [-0.2, 0) is 22.6 Å². The first-order valence-corrected chi connectivity index (χ1v) is 8.35. The molecule has 3 aromatic rings. The Hall–Kier alpha value is -2.97. The van der Waals surface area contributed by atoms with Gasteiger partial charge in [0.25, 0.3) is 11.6 Å². The van der Waals surface area contributed by atoms with Crippen molar-refractivity contribution in [1.82, 2.24) is 10.2 Å². The van der Waals surface area contributed by atoms with Gasteiger partial charge in [0, 0.05) is 27.7 Å². The average molecular weight is 408 g/mol. The fraction of sp³-hybridized carbons (Fsp3) is 0.118. The van der Waals surface area contributed by atoms with Crippen molar-refractivity contribution in [2.75, 3.05) is 0 Å². The molecule has 0 atom stereocenters. The van der Waals surface area contributed by atoms with Crippen molar-refractivity contribution in [2.24, 2.45) is 0 Å². The molecule has 0 saturated heterocycles. The SMILES string of the molecule is O=C(Cc1ccc(Cl)cc1Cl)OCc1nnc(-c2ccc([N+](=O)[O-])cc2)o1. The molecule has 0 spiro atoms. The number of benzene rings is 2. The van der Waals surface area contributed by atoms with Gasteiger partial charge in [-0.25, -0.2) is 0 Å². The summed E-state index contributed by atoms with van der Waals surface area (Å²) in [6.45, 7) is -0.204. The number of nitrogens with zero attached hydrogens (tertiary/aromatic N) is 3. The van der Waals surface area contributed by atoms with Crippen LogP contribution in [0.5, 0.6) is 0 Å². The van der Waals surface area contributed by atoms with Gasteiger partial charge in [0.2, 0.25) is 5.89 Å². The zero-order valence-corrected chi connectivity index (χ0v) is 15.1. The second-order valence-electron chi connectivity index (χ2n) is 5.38. The zero-order chi connectivity index (χ0) is 19.4. The van der Waals surface area contributed by atoms with Crippen LogP contribution < -0.4 is 0 Å². The van der Waals surface area contributed by atoms with E-state index in [4.69, 9.17) is 32.4 Å². The van der Waals surface area contributed by atoms with Gasteiger partial charge in [-0.1, -0.05) is 29.3 Å². The third kappa shape index (κ3) is 4.81. The summed E-state index contributed by atoms with van der Waals surface area (Å²) < 4.78 is 10.5. The van der Waals surface area contributed by atoms with Gasteiger partial charge < -0.3 is 9.15 Å². The quantitative estimate of drug-likeness (QED) is 0.341. The summed E-state index contributed by atoms with van der Waals surface area (Å²) in [5, 5.41) is 19.1. The largest absolute Gasteiger partial charge is 0.455 e. The minimum Gasteiger partial charge on any atom is -0.455 e. The Morgan fingerprint density at radius 2 is 1.89 bits per heavy atom. The molecule has 0 unspecified atom stereocenters. The first-order valence-electron chi connectivity index (χ1n) is 7.59. The van der Waals surface area contributed by atoms with Gasteiger partial charge in [-0.05, 0) is 29.8 Å². The van der Waals surface area contributed by atoms with Crippen molar-refractivity contribution in [2.45, 2.75) is 13.0 Å². The van der Waals surface area contributed by atoms with Gasteiger partial charge in [-0.15, -0.1) is 10.2 Å². The van der Waals surface area contributed by atoms with Gasteiger partial charge >= 0.3 is 5.97 Å². The van der Waals surface area contributed by atoms with E-state index in [2.05, 4.69) is 10.2 Å². The lowest BCUT2D eigenvalue weighted by atomic mass is 10.1. The van der Waals surface area contributed by atoms with Crippen LogP contribution in [0.2, 0.25) is 10.0 Å². The summed E-state index contributed by atoms with van der Waals surface area (Å²) in [5.41, 5.74) is 1.05. The highest BCUT2D eigenvalue weighted by Gasteiger charge is 2.14. The van der Waals surface area contributed by atoms with Crippen LogP contribution in [0.25, 0.3) is 11.5 Å². The highest BCUT2D eigenvalue weighted by atomic mass is 35.5. The van der Waals surface area contributed by atoms with Crippen molar-refractivity contribution in [3.05, 3.63) is 74.1 Å². The molecule has 0 aliphatic rings. The number of non-ortho nitro benzene ring substituents is 1. The third-order valence-corrected chi connectivity index (χ3v) is 4.09. The number of ether oxygens (including phenoxy) is 1. The first-order chi connectivity index (χ1) is 12.9. The average Bonchev–Trinajstić information content (AvgIpc) is 3.11. The maximum atomic E-state index is 11.9. The second kappa shape index (κ2) is 8.15. The van der Waals surface area contributed by atoms with Gasteiger partial charge in [-0.2, -0.15) is 0 Å². The van der Waals surface area contributed by atoms with E-state index in [9.17, 15) is 14.9 Å². The first kappa shape index (κ1) is 18.8. The lowest BCUT2D eigenvalue weighted by Crippen LogP contribution is -2.08. The van der Waals surface area contributed by atoms with Crippen LogP contribution in [0.15, 0.2) is 46.9 Å². The van der Waals surface area contributed by atoms with Crippen molar-refractivity contribution in [3.63, 3.8) is 0 Å². The molecule has 2 aromatic carbocycles. The normalized spacial score (nSPS) is 10.6. The summed E-state index contributed by atoms with van der Waals surface area (Å²) in [6, 6.07) is 10.5. The maximum absolute atomic E-state index is 11.9. The van der Waals surface area contributed by atoms with E-state index in [1.165, 1.54) is 24.3 Å². The lowest BCUT2D eigenvalue weighted by molar-refractivity contribution is -0.384. The molecule has 0 bridgehead atoms. The summed E-state index contributed by atoms with van der Waals surface area (Å²) in [6.07, 6.45) is -0.0284. The highest BCUT2D eigenvalue weighted by Crippen LogP contribution is 2.23.